The molecule has 0 aliphatic rings. The van der Waals surface area contributed by atoms with Crippen LogP contribution in [0.4, 0.5) is 4.39 Å². The van der Waals surface area contributed by atoms with Crippen molar-refractivity contribution in [1.82, 2.24) is 10.2 Å². The van der Waals surface area contributed by atoms with Gasteiger partial charge in [0, 0.05) is 35.8 Å². The molecule has 0 aromatic heterocycles. The van der Waals surface area contributed by atoms with E-state index < -0.39 is 6.04 Å². The smallest absolute Gasteiger partial charge is 0.242 e. The fourth-order valence-corrected chi connectivity index (χ4v) is 5.15. The summed E-state index contributed by atoms with van der Waals surface area (Å²) in [5.41, 5.74) is 2.43. The van der Waals surface area contributed by atoms with E-state index in [0.717, 1.165) is 16.7 Å². The van der Waals surface area contributed by atoms with E-state index in [-0.39, 0.29) is 29.9 Å². The molecule has 0 bridgehead atoms. The van der Waals surface area contributed by atoms with E-state index in [1.807, 2.05) is 30.3 Å². The normalized spacial score (nSPS) is 11.6. The molecule has 8 heteroatoms. The second-order valence-electron chi connectivity index (χ2n) is 7.66. The van der Waals surface area contributed by atoms with Gasteiger partial charge in [-0.05, 0) is 41.0 Å². The van der Waals surface area contributed by atoms with Crippen LogP contribution in [0.25, 0.3) is 0 Å². The van der Waals surface area contributed by atoms with Crippen molar-refractivity contribution in [3.05, 3.63) is 105 Å². The highest BCUT2D eigenvalue weighted by Crippen LogP contribution is 2.28. The summed E-state index contributed by atoms with van der Waals surface area (Å²) in [6.45, 7) is 0.178. The lowest BCUT2D eigenvalue weighted by atomic mass is 10.0. The molecule has 0 saturated heterocycles. The lowest BCUT2D eigenvalue weighted by molar-refractivity contribution is -0.139. The van der Waals surface area contributed by atoms with Gasteiger partial charge in [-0.25, -0.2) is 4.39 Å². The molecule has 1 N–H and O–H groups in total. The van der Waals surface area contributed by atoms with Gasteiger partial charge in [0.25, 0.3) is 0 Å². The first-order valence-electron chi connectivity index (χ1n) is 10.7. The van der Waals surface area contributed by atoms with E-state index in [4.69, 9.17) is 23.2 Å². The predicted octanol–water partition coefficient (Wildman–Crippen LogP) is 5.75. The molecule has 2 amide bonds. The van der Waals surface area contributed by atoms with Gasteiger partial charge in [0.1, 0.15) is 11.9 Å². The molecule has 1 atom stereocenters. The molecular formula is C26H25Cl2FN2O2S. The highest BCUT2D eigenvalue weighted by atomic mass is 35.5. The van der Waals surface area contributed by atoms with Crippen LogP contribution in [0.5, 0.6) is 0 Å². The Labute approximate surface area is 213 Å². The number of amides is 2. The zero-order chi connectivity index (χ0) is 24.5. The molecule has 0 aliphatic heterocycles. The number of nitrogens with zero attached hydrogens (tertiary/aromatic N) is 1. The molecule has 0 heterocycles. The van der Waals surface area contributed by atoms with Crippen LogP contribution in [-0.2, 0) is 28.3 Å². The van der Waals surface area contributed by atoms with Crippen molar-refractivity contribution in [2.45, 2.75) is 24.8 Å². The van der Waals surface area contributed by atoms with Gasteiger partial charge in [-0.2, -0.15) is 0 Å². The van der Waals surface area contributed by atoms with Crippen molar-refractivity contribution < 1.29 is 14.0 Å². The third-order valence-electron chi connectivity index (χ3n) is 5.32. The molecule has 0 radical (unpaired) electrons. The predicted molar refractivity (Wildman–Crippen MR) is 138 cm³/mol. The number of thioether (sulfide) groups is 1. The van der Waals surface area contributed by atoms with Crippen molar-refractivity contribution in [3.8, 4) is 0 Å². The van der Waals surface area contributed by atoms with Crippen LogP contribution in [0.2, 0.25) is 10.0 Å². The largest absolute Gasteiger partial charge is 0.357 e. The maximum absolute atomic E-state index is 13.4. The summed E-state index contributed by atoms with van der Waals surface area (Å²) < 4.78 is 13.4. The first kappa shape index (κ1) is 26.1. The van der Waals surface area contributed by atoms with Gasteiger partial charge >= 0.3 is 0 Å². The molecule has 3 aromatic carbocycles. The standard InChI is InChI=1S/C26H25Cl2FN2O2S/c1-30-26(33)24(14-18-6-3-2-4-7-18)31(15-19-10-12-20(29)13-11-19)25(32)17-34-16-21-22(27)8-5-9-23(21)28/h2-13,24H,14-17H2,1H3,(H,30,33). The van der Waals surface area contributed by atoms with E-state index in [9.17, 15) is 14.0 Å². The van der Waals surface area contributed by atoms with Crippen molar-refractivity contribution in [2.75, 3.05) is 12.8 Å². The maximum Gasteiger partial charge on any atom is 0.242 e. The van der Waals surface area contributed by atoms with E-state index in [2.05, 4.69) is 5.32 Å². The highest BCUT2D eigenvalue weighted by molar-refractivity contribution is 7.99. The number of hydrogen-bond donors (Lipinski definition) is 1. The summed E-state index contributed by atoms with van der Waals surface area (Å²) >= 11 is 13.9. The molecular weight excluding hydrogens is 494 g/mol. The third kappa shape index (κ3) is 7.23. The minimum absolute atomic E-state index is 0.130. The van der Waals surface area contributed by atoms with Crippen LogP contribution in [0.1, 0.15) is 16.7 Å². The molecule has 178 valence electrons. The second-order valence-corrected chi connectivity index (χ2v) is 9.46. The van der Waals surface area contributed by atoms with Gasteiger partial charge in [-0.1, -0.05) is 71.7 Å². The number of benzene rings is 3. The number of nitrogens with one attached hydrogen (secondary N) is 1. The minimum atomic E-state index is -0.727. The molecule has 3 rings (SSSR count). The topological polar surface area (TPSA) is 49.4 Å². The van der Waals surface area contributed by atoms with Crippen molar-refractivity contribution >= 4 is 46.8 Å². The third-order valence-corrected chi connectivity index (χ3v) is 6.97. The Bertz CT molecular complexity index is 1090. The van der Waals surface area contributed by atoms with Crippen LogP contribution >= 0.6 is 35.0 Å². The summed E-state index contributed by atoms with van der Waals surface area (Å²) in [5.74, 6) is -0.246. The summed E-state index contributed by atoms with van der Waals surface area (Å²) in [6, 6.07) is 20.0. The molecule has 4 nitrogen and oxygen atoms in total. The number of likely N-dealkylation sites (N-methyl/N-ethyl adjacent to an activating group) is 1. The van der Waals surface area contributed by atoms with E-state index >= 15 is 0 Å². The Morgan fingerprint density at radius 1 is 0.941 bits per heavy atom. The van der Waals surface area contributed by atoms with Gasteiger partial charge in [0.15, 0.2) is 0 Å². The van der Waals surface area contributed by atoms with Gasteiger partial charge in [0.05, 0.1) is 5.75 Å². The highest BCUT2D eigenvalue weighted by Gasteiger charge is 2.29. The summed E-state index contributed by atoms with van der Waals surface area (Å²) in [5, 5.41) is 3.77. The number of rotatable bonds is 10. The molecule has 0 saturated carbocycles. The summed E-state index contributed by atoms with van der Waals surface area (Å²) in [6.07, 6.45) is 0.356. The molecule has 0 fully saturated rings. The zero-order valence-corrected chi connectivity index (χ0v) is 21.0. The number of carbonyl (C=O) groups excluding carboxylic acids is 2. The Morgan fingerprint density at radius 2 is 1.59 bits per heavy atom. The molecule has 0 spiro atoms. The summed E-state index contributed by atoms with van der Waals surface area (Å²) in [4.78, 5) is 27.9. The fourth-order valence-electron chi connectivity index (χ4n) is 3.50. The van der Waals surface area contributed by atoms with Crippen molar-refractivity contribution in [3.63, 3.8) is 0 Å². The fraction of sp³-hybridized carbons (Fsp3) is 0.231. The van der Waals surface area contributed by atoms with Gasteiger partial charge in [-0.3, -0.25) is 9.59 Å². The first-order chi connectivity index (χ1) is 16.4. The molecule has 34 heavy (non-hydrogen) atoms. The number of hydrogen-bond acceptors (Lipinski definition) is 3. The van der Waals surface area contributed by atoms with Crippen molar-refractivity contribution in [2.24, 2.45) is 0 Å². The van der Waals surface area contributed by atoms with Crippen molar-refractivity contribution in [1.29, 1.82) is 0 Å². The van der Waals surface area contributed by atoms with E-state index in [1.54, 1.807) is 42.3 Å². The zero-order valence-electron chi connectivity index (χ0n) is 18.6. The monoisotopic (exact) mass is 518 g/mol. The Kier molecular flexibility index (Phi) is 9.81. The minimum Gasteiger partial charge on any atom is -0.357 e. The maximum atomic E-state index is 13.4. The number of carbonyl (C=O) groups is 2. The van der Waals surface area contributed by atoms with Crippen LogP contribution in [0.3, 0.4) is 0 Å². The Hall–Kier alpha value is -2.54. The Morgan fingerprint density at radius 3 is 2.21 bits per heavy atom. The SMILES string of the molecule is CNC(=O)C(Cc1ccccc1)N(Cc1ccc(F)cc1)C(=O)CSCc1c(Cl)cccc1Cl. The molecule has 0 aliphatic carbocycles. The van der Waals surface area contributed by atoms with Gasteiger partial charge in [0.2, 0.25) is 11.8 Å². The lowest BCUT2D eigenvalue weighted by Gasteiger charge is -2.31. The van der Waals surface area contributed by atoms with Crippen LogP contribution in [-0.4, -0.2) is 35.6 Å². The average Bonchev–Trinajstić information content (AvgIpc) is 2.84. The van der Waals surface area contributed by atoms with Gasteiger partial charge < -0.3 is 10.2 Å². The first-order valence-corrected chi connectivity index (χ1v) is 12.6. The lowest BCUT2D eigenvalue weighted by Crippen LogP contribution is -2.50. The summed E-state index contributed by atoms with van der Waals surface area (Å²) in [7, 11) is 1.55. The van der Waals surface area contributed by atoms with E-state index in [0.29, 0.717) is 22.2 Å². The molecule has 3 aromatic rings. The number of halogens is 3. The Balaban J connectivity index is 1.82. The second kappa shape index (κ2) is 12.8. The van der Waals surface area contributed by atoms with E-state index in [1.165, 1.54) is 23.9 Å². The quantitative estimate of drug-likeness (QED) is 0.371. The average molecular weight is 519 g/mol. The van der Waals surface area contributed by atoms with Crippen LogP contribution in [0.15, 0.2) is 72.8 Å². The molecule has 1 unspecified atom stereocenters. The van der Waals surface area contributed by atoms with Crippen LogP contribution < -0.4 is 5.32 Å². The van der Waals surface area contributed by atoms with Crippen LogP contribution in [0, 0.1) is 5.82 Å². The van der Waals surface area contributed by atoms with Gasteiger partial charge in [-0.15, -0.1) is 11.8 Å².